The van der Waals surface area contributed by atoms with Gasteiger partial charge in [0.25, 0.3) is 0 Å². The summed E-state index contributed by atoms with van der Waals surface area (Å²) in [7, 11) is 0.828. The number of methoxy groups -OCH3 is 1. The summed E-state index contributed by atoms with van der Waals surface area (Å²) in [5.74, 6) is 1.49. The summed E-state index contributed by atoms with van der Waals surface area (Å²) in [5.41, 5.74) is 5.09. The van der Waals surface area contributed by atoms with Gasteiger partial charge in [-0.2, -0.15) is 10.1 Å². The van der Waals surface area contributed by atoms with Gasteiger partial charge < -0.3 is 30.0 Å². The Bertz CT molecular complexity index is 1850. The highest BCUT2D eigenvalue weighted by atomic mass is 79.9. The van der Waals surface area contributed by atoms with Gasteiger partial charge in [0, 0.05) is 55.0 Å². The van der Waals surface area contributed by atoms with Crippen molar-refractivity contribution in [2.75, 3.05) is 50.8 Å². The molecule has 0 radical (unpaired) electrons. The normalized spacial score (nSPS) is 15.4. The van der Waals surface area contributed by atoms with Crippen LogP contribution in [-0.2, 0) is 16.3 Å². The predicted octanol–water partition coefficient (Wildman–Crippen LogP) is 5.59. The van der Waals surface area contributed by atoms with E-state index in [-0.39, 0.29) is 6.10 Å². The molecule has 0 bridgehead atoms. The van der Waals surface area contributed by atoms with Gasteiger partial charge in [-0.1, -0.05) is 6.07 Å². The standard InChI is InChI=1S/C30H32BrN8O3P/c1-39-17-18(14-35-39)20-12-25(26(41-2)13-21(20)27-16-32-10-11-42-27)37-30-34-15-22(31)29(38-30)36-24-8-7-23-19(6-5-9-33-23)28(24)43(3,4)40/h5-9,12-15,17,27,32H,10-11,16H2,1-4H3,(H2,34,36,37,38). The highest BCUT2D eigenvalue weighted by Crippen LogP contribution is 2.42. The number of hydrogen-bond acceptors (Lipinski definition) is 10. The molecular weight excluding hydrogens is 631 g/mol. The zero-order valence-electron chi connectivity index (χ0n) is 24.3. The largest absolute Gasteiger partial charge is 0.495 e. The van der Waals surface area contributed by atoms with Crippen LogP contribution < -0.4 is 26.0 Å². The number of pyridine rings is 1. The number of morpholine rings is 1. The first-order valence-corrected chi connectivity index (χ1v) is 17.1. The molecule has 1 atom stereocenters. The lowest BCUT2D eigenvalue weighted by molar-refractivity contribution is 0.0279. The summed E-state index contributed by atoms with van der Waals surface area (Å²) in [6.07, 6.45) is 7.07. The minimum atomic E-state index is -2.70. The molecule has 0 amide bonds. The third-order valence-electron chi connectivity index (χ3n) is 7.20. The van der Waals surface area contributed by atoms with Crippen molar-refractivity contribution in [1.29, 1.82) is 0 Å². The van der Waals surface area contributed by atoms with Crippen molar-refractivity contribution < 1.29 is 14.0 Å². The van der Waals surface area contributed by atoms with Gasteiger partial charge in [-0.05, 0) is 70.7 Å². The maximum absolute atomic E-state index is 13.4. The number of benzene rings is 2. The van der Waals surface area contributed by atoms with Gasteiger partial charge >= 0.3 is 0 Å². The van der Waals surface area contributed by atoms with Crippen LogP contribution >= 0.6 is 23.1 Å². The molecule has 0 aliphatic carbocycles. The molecule has 13 heteroatoms. The number of nitrogens with zero attached hydrogens (tertiary/aromatic N) is 5. The molecule has 6 rings (SSSR count). The van der Waals surface area contributed by atoms with E-state index >= 15 is 0 Å². The Balaban J connectivity index is 1.38. The second-order valence-corrected chi connectivity index (χ2v) is 14.6. The van der Waals surface area contributed by atoms with E-state index in [4.69, 9.17) is 14.5 Å². The van der Waals surface area contributed by atoms with Crippen LogP contribution in [0, 0.1) is 0 Å². The third-order valence-corrected chi connectivity index (χ3v) is 9.34. The molecule has 1 aliphatic heterocycles. The predicted molar refractivity (Wildman–Crippen MR) is 174 cm³/mol. The van der Waals surface area contributed by atoms with Crippen LogP contribution in [0.1, 0.15) is 11.7 Å². The lowest BCUT2D eigenvalue weighted by atomic mass is 9.96. The van der Waals surface area contributed by atoms with Crippen LogP contribution in [0.3, 0.4) is 0 Å². The number of fused-ring (bicyclic) bond motifs is 1. The summed E-state index contributed by atoms with van der Waals surface area (Å²) in [4.78, 5) is 13.7. The minimum absolute atomic E-state index is 0.133. The third kappa shape index (κ3) is 6.14. The fourth-order valence-electron chi connectivity index (χ4n) is 5.28. The van der Waals surface area contributed by atoms with Crippen LogP contribution in [0.4, 0.5) is 23.1 Å². The van der Waals surface area contributed by atoms with Gasteiger partial charge in [-0.3, -0.25) is 9.67 Å². The second kappa shape index (κ2) is 12.0. The van der Waals surface area contributed by atoms with Gasteiger partial charge in [0.05, 0.1) is 47.4 Å². The number of hydrogen-bond donors (Lipinski definition) is 3. The fraction of sp³-hybridized carbons (Fsp3) is 0.267. The zero-order valence-corrected chi connectivity index (χ0v) is 26.7. The summed E-state index contributed by atoms with van der Waals surface area (Å²) in [5, 5.41) is 16.1. The van der Waals surface area contributed by atoms with E-state index in [1.807, 2.05) is 55.8 Å². The van der Waals surface area contributed by atoms with Crippen molar-refractivity contribution >= 4 is 62.4 Å². The molecular formula is C30H32BrN8O3P. The molecule has 5 aromatic rings. The Morgan fingerprint density at radius 2 is 2.00 bits per heavy atom. The Kier molecular flexibility index (Phi) is 8.19. The SMILES string of the molecule is COc1cc(C2CNCCO2)c(-c2cnn(C)c2)cc1Nc1ncc(Br)c(Nc2ccc3ncccc3c2P(C)(C)=O)n1. The van der Waals surface area contributed by atoms with E-state index in [1.165, 1.54) is 0 Å². The van der Waals surface area contributed by atoms with Crippen LogP contribution in [0.15, 0.2) is 65.7 Å². The van der Waals surface area contributed by atoms with Gasteiger partial charge in [0.1, 0.15) is 18.7 Å². The molecule has 43 heavy (non-hydrogen) atoms. The minimum Gasteiger partial charge on any atom is -0.495 e. The van der Waals surface area contributed by atoms with E-state index < -0.39 is 7.14 Å². The molecule has 4 heterocycles. The maximum atomic E-state index is 13.4. The molecule has 0 spiro atoms. The average Bonchev–Trinajstić information content (AvgIpc) is 3.44. The number of aryl methyl sites for hydroxylation is 1. The molecule has 1 saturated heterocycles. The van der Waals surface area contributed by atoms with E-state index in [1.54, 1.807) is 37.5 Å². The van der Waals surface area contributed by atoms with Crippen molar-refractivity contribution in [1.82, 2.24) is 30.0 Å². The van der Waals surface area contributed by atoms with Crippen molar-refractivity contribution in [2.45, 2.75) is 6.10 Å². The number of anilines is 4. The van der Waals surface area contributed by atoms with Crippen molar-refractivity contribution in [3.05, 3.63) is 71.2 Å². The summed E-state index contributed by atoms with van der Waals surface area (Å²) in [6.45, 7) is 5.66. The lowest BCUT2D eigenvalue weighted by Gasteiger charge is -2.27. The van der Waals surface area contributed by atoms with Crippen LogP contribution in [0.25, 0.3) is 22.0 Å². The topological polar surface area (TPSA) is 128 Å². The molecule has 2 aromatic carbocycles. The smallest absolute Gasteiger partial charge is 0.229 e. The van der Waals surface area contributed by atoms with Crippen molar-refractivity contribution in [3.8, 4) is 16.9 Å². The van der Waals surface area contributed by atoms with Crippen LogP contribution in [-0.4, -0.2) is 64.9 Å². The Morgan fingerprint density at radius 1 is 1.14 bits per heavy atom. The quantitative estimate of drug-likeness (QED) is 0.181. The monoisotopic (exact) mass is 662 g/mol. The Labute approximate surface area is 257 Å². The van der Waals surface area contributed by atoms with Crippen molar-refractivity contribution in [3.63, 3.8) is 0 Å². The maximum Gasteiger partial charge on any atom is 0.229 e. The molecule has 1 fully saturated rings. The Hall–Kier alpha value is -3.83. The molecule has 3 aromatic heterocycles. The van der Waals surface area contributed by atoms with Gasteiger partial charge in [0.2, 0.25) is 5.95 Å². The van der Waals surface area contributed by atoms with Gasteiger partial charge in [-0.15, -0.1) is 0 Å². The molecule has 3 N–H and O–H groups in total. The fourth-order valence-corrected chi connectivity index (χ4v) is 7.05. The average molecular weight is 664 g/mol. The van der Waals surface area contributed by atoms with Gasteiger partial charge in [-0.25, -0.2) is 4.98 Å². The first kappa shape index (κ1) is 29.3. The highest BCUT2D eigenvalue weighted by Gasteiger charge is 2.24. The van der Waals surface area contributed by atoms with Crippen LogP contribution in [0.2, 0.25) is 0 Å². The van der Waals surface area contributed by atoms with Gasteiger partial charge in [0.15, 0.2) is 0 Å². The van der Waals surface area contributed by atoms with E-state index in [9.17, 15) is 4.57 Å². The van der Waals surface area contributed by atoms with Crippen LogP contribution in [0.5, 0.6) is 5.75 Å². The number of halogens is 1. The highest BCUT2D eigenvalue weighted by molar-refractivity contribution is 9.10. The summed E-state index contributed by atoms with van der Waals surface area (Å²) < 4.78 is 27.8. The first-order chi connectivity index (χ1) is 20.7. The molecule has 0 saturated carbocycles. The number of aromatic nitrogens is 5. The first-order valence-electron chi connectivity index (χ1n) is 13.7. The Morgan fingerprint density at radius 3 is 2.72 bits per heavy atom. The van der Waals surface area contributed by atoms with E-state index in [0.717, 1.165) is 39.4 Å². The second-order valence-electron chi connectivity index (χ2n) is 10.6. The molecule has 222 valence electrons. The summed E-state index contributed by atoms with van der Waals surface area (Å²) in [6, 6.07) is 11.6. The van der Waals surface area contributed by atoms with Crippen molar-refractivity contribution in [2.24, 2.45) is 7.05 Å². The number of ether oxygens (including phenoxy) is 2. The summed E-state index contributed by atoms with van der Waals surface area (Å²) >= 11 is 3.57. The molecule has 11 nitrogen and oxygen atoms in total. The number of nitrogens with one attached hydrogen (secondary N) is 3. The number of rotatable bonds is 8. The van der Waals surface area contributed by atoms with E-state index in [2.05, 4.69) is 46.9 Å². The van der Waals surface area contributed by atoms with E-state index in [0.29, 0.717) is 46.5 Å². The zero-order chi connectivity index (χ0) is 30.1. The molecule has 1 unspecified atom stereocenters. The lowest BCUT2D eigenvalue weighted by Crippen LogP contribution is -2.33. The molecule has 1 aliphatic rings.